The molecule has 0 spiro atoms. The quantitative estimate of drug-likeness (QED) is 0.747. The first kappa shape index (κ1) is 15.2. The summed E-state index contributed by atoms with van der Waals surface area (Å²) in [6.45, 7) is 2.34. The number of aromatic amines is 1. The fourth-order valence-corrected chi connectivity index (χ4v) is 3.33. The van der Waals surface area contributed by atoms with Crippen LogP contribution in [0.15, 0.2) is 45.4 Å². The van der Waals surface area contributed by atoms with E-state index in [-0.39, 0.29) is 0 Å². The molecule has 126 valence electrons. The van der Waals surface area contributed by atoms with Gasteiger partial charge in [-0.15, -0.1) is 0 Å². The number of aromatic nitrogens is 2. The highest BCUT2D eigenvalue weighted by Gasteiger charge is 2.29. The average molecular weight is 327 g/mol. The Kier molecular flexibility index (Phi) is 4.23. The molecule has 3 aromatic rings. The van der Waals surface area contributed by atoms with E-state index in [1.54, 1.807) is 13.3 Å². The Hall–Kier alpha value is -2.31. The predicted molar refractivity (Wildman–Crippen MR) is 88.1 cm³/mol. The molecular weight excluding hydrogens is 306 g/mol. The molecule has 1 N–H and O–H groups in total. The van der Waals surface area contributed by atoms with Crippen LogP contribution in [0.3, 0.4) is 0 Å². The molecule has 0 saturated carbocycles. The predicted octanol–water partition coefficient (Wildman–Crippen LogP) is 3.75. The Morgan fingerprint density at radius 3 is 2.96 bits per heavy atom. The van der Waals surface area contributed by atoms with Crippen molar-refractivity contribution in [2.24, 2.45) is 0 Å². The lowest BCUT2D eigenvalue weighted by atomic mass is 10.1. The monoisotopic (exact) mass is 327 g/mol. The molecule has 0 amide bonds. The molecule has 4 heterocycles. The number of likely N-dealkylation sites (tertiary alicyclic amines) is 1. The van der Waals surface area contributed by atoms with Gasteiger partial charge in [-0.3, -0.25) is 10.00 Å². The Bertz CT molecular complexity index is 775. The number of H-pyrrole nitrogens is 1. The van der Waals surface area contributed by atoms with Crippen LogP contribution in [-0.4, -0.2) is 28.8 Å². The minimum atomic E-state index is 0.302. The number of hydrogen-bond acceptors (Lipinski definition) is 5. The van der Waals surface area contributed by atoms with Crippen LogP contribution >= 0.6 is 0 Å². The minimum Gasteiger partial charge on any atom is -0.462 e. The van der Waals surface area contributed by atoms with E-state index in [4.69, 9.17) is 13.6 Å². The van der Waals surface area contributed by atoms with Crippen molar-refractivity contribution >= 4 is 0 Å². The highest BCUT2D eigenvalue weighted by atomic mass is 16.5. The fourth-order valence-electron chi connectivity index (χ4n) is 3.33. The Morgan fingerprint density at radius 1 is 1.21 bits per heavy atom. The van der Waals surface area contributed by atoms with Crippen molar-refractivity contribution in [2.75, 3.05) is 13.7 Å². The van der Waals surface area contributed by atoms with Crippen molar-refractivity contribution in [1.82, 2.24) is 15.1 Å². The molecule has 1 atom stereocenters. The van der Waals surface area contributed by atoms with E-state index in [0.29, 0.717) is 12.6 Å². The second-order valence-electron chi connectivity index (χ2n) is 6.10. The summed E-state index contributed by atoms with van der Waals surface area (Å²) in [5.41, 5.74) is 0.898. The van der Waals surface area contributed by atoms with Gasteiger partial charge in [-0.05, 0) is 49.7 Å². The summed E-state index contributed by atoms with van der Waals surface area (Å²) in [4.78, 5) is 2.41. The number of ether oxygens (including phenoxy) is 1. The van der Waals surface area contributed by atoms with Crippen molar-refractivity contribution in [3.05, 3.63) is 53.8 Å². The molecular formula is C18H21N3O3. The number of rotatable bonds is 6. The summed E-state index contributed by atoms with van der Waals surface area (Å²) < 4.78 is 17.0. The third-order valence-electron chi connectivity index (χ3n) is 4.45. The first-order valence-corrected chi connectivity index (χ1v) is 8.23. The van der Waals surface area contributed by atoms with Gasteiger partial charge in [0.25, 0.3) is 0 Å². The van der Waals surface area contributed by atoms with Crippen LogP contribution in [0.5, 0.6) is 0 Å². The average Bonchev–Trinajstić information content (AvgIpc) is 3.36. The second kappa shape index (κ2) is 6.67. The second-order valence-corrected chi connectivity index (χ2v) is 6.10. The van der Waals surface area contributed by atoms with Gasteiger partial charge < -0.3 is 13.6 Å². The Balaban J connectivity index is 1.47. The van der Waals surface area contributed by atoms with Gasteiger partial charge >= 0.3 is 0 Å². The molecule has 3 aromatic heterocycles. The highest BCUT2D eigenvalue weighted by molar-refractivity contribution is 5.51. The lowest BCUT2D eigenvalue weighted by Crippen LogP contribution is -2.22. The molecule has 0 aliphatic carbocycles. The van der Waals surface area contributed by atoms with Crippen LogP contribution < -0.4 is 0 Å². The van der Waals surface area contributed by atoms with Crippen LogP contribution in [-0.2, 0) is 17.9 Å². The summed E-state index contributed by atoms with van der Waals surface area (Å²) in [7, 11) is 1.68. The van der Waals surface area contributed by atoms with E-state index < -0.39 is 0 Å². The molecule has 1 fully saturated rings. The number of methoxy groups -OCH3 is 1. The van der Waals surface area contributed by atoms with Gasteiger partial charge in [0.1, 0.15) is 29.6 Å². The molecule has 0 radical (unpaired) electrons. The van der Waals surface area contributed by atoms with Crippen molar-refractivity contribution in [2.45, 2.75) is 32.0 Å². The summed E-state index contributed by atoms with van der Waals surface area (Å²) in [6, 6.07) is 10.3. The normalized spacial score (nSPS) is 18.5. The van der Waals surface area contributed by atoms with Crippen molar-refractivity contribution < 1.29 is 13.6 Å². The topological polar surface area (TPSA) is 67.4 Å². The Labute approximate surface area is 140 Å². The van der Waals surface area contributed by atoms with E-state index in [9.17, 15) is 0 Å². The molecule has 0 bridgehead atoms. The SMILES string of the molecule is COCc1ccc([C@H]2CCCN2Cc2ccc(-c3ccn[nH]3)o2)o1. The lowest BCUT2D eigenvalue weighted by molar-refractivity contribution is 0.154. The fraction of sp³-hybridized carbons (Fsp3) is 0.389. The zero-order valence-corrected chi connectivity index (χ0v) is 13.7. The van der Waals surface area contributed by atoms with E-state index >= 15 is 0 Å². The molecule has 0 aromatic carbocycles. The first-order valence-electron chi connectivity index (χ1n) is 8.23. The maximum atomic E-state index is 5.95. The lowest BCUT2D eigenvalue weighted by Gasteiger charge is -2.21. The van der Waals surface area contributed by atoms with Gasteiger partial charge in [0.05, 0.1) is 12.6 Å². The maximum Gasteiger partial charge on any atom is 0.152 e. The van der Waals surface area contributed by atoms with Crippen LogP contribution in [0, 0.1) is 0 Å². The molecule has 6 nitrogen and oxygen atoms in total. The molecule has 1 saturated heterocycles. The standard InChI is InChI=1S/C18H21N3O3/c1-22-12-14-5-7-18(24-14)16-3-2-10-21(16)11-13-4-6-17(23-13)15-8-9-19-20-15/h4-9,16H,2-3,10-12H2,1H3,(H,19,20)/t16-/m1/s1. The van der Waals surface area contributed by atoms with E-state index in [2.05, 4.69) is 21.2 Å². The summed E-state index contributed by atoms with van der Waals surface area (Å²) >= 11 is 0. The first-order chi connectivity index (χ1) is 11.8. The third kappa shape index (κ3) is 3.02. The van der Waals surface area contributed by atoms with Crippen molar-refractivity contribution in [3.63, 3.8) is 0 Å². The van der Waals surface area contributed by atoms with Crippen molar-refractivity contribution in [1.29, 1.82) is 0 Å². The van der Waals surface area contributed by atoms with Crippen LogP contribution in [0.2, 0.25) is 0 Å². The Morgan fingerprint density at radius 2 is 2.12 bits per heavy atom. The smallest absolute Gasteiger partial charge is 0.152 e. The van der Waals surface area contributed by atoms with E-state index in [0.717, 1.165) is 48.2 Å². The summed E-state index contributed by atoms with van der Waals surface area (Å²) in [6.07, 6.45) is 4.00. The maximum absolute atomic E-state index is 5.95. The number of furan rings is 2. The van der Waals surface area contributed by atoms with Crippen LogP contribution in [0.1, 0.15) is 36.2 Å². The van der Waals surface area contributed by atoms with E-state index in [1.165, 1.54) is 6.42 Å². The molecule has 1 aliphatic rings. The molecule has 1 aliphatic heterocycles. The van der Waals surface area contributed by atoms with Gasteiger partial charge in [0.2, 0.25) is 0 Å². The number of hydrogen-bond donors (Lipinski definition) is 1. The van der Waals surface area contributed by atoms with E-state index in [1.807, 2.05) is 24.3 Å². The zero-order chi connectivity index (χ0) is 16.4. The van der Waals surface area contributed by atoms with Gasteiger partial charge in [0.15, 0.2) is 5.76 Å². The van der Waals surface area contributed by atoms with Gasteiger partial charge in [-0.25, -0.2) is 0 Å². The molecule has 0 unspecified atom stereocenters. The van der Waals surface area contributed by atoms with Crippen molar-refractivity contribution in [3.8, 4) is 11.5 Å². The summed E-state index contributed by atoms with van der Waals surface area (Å²) in [5, 5.41) is 6.89. The minimum absolute atomic E-state index is 0.302. The van der Waals surface area contributed by atoms with Gasteiger partial charge in [-0.1, -0.05) is 0 Å². The van der Waals surface area contributed by atoms with Gasteiger partial charge in [0, 0.05) is 13.3 Å². The molecule has 24 heavy (non-hydrogen) atoms. The third-order valence-corrected chi connectivity index (χ3v) is 4.45. The number of nitrogens with one attached hydrogen (secondary N) is 1. The van der Waals surface area contributed by atoms with Crippen LogP contribution in [0.25, 0.3) is 11.5 Å². The molecule has 4 rings (SSSR count). The highest BCUT2D eigenvalue weighted by Crippen LogP contribution is 2.34. The number of nitrogens with zero attached hydrogens (tertiary/aromatic N) is 2. The van der Waals surface area contributed by atoms with Crippen LogP contribution in [0.4, 0.5) is 0 Å². The largest absolute Gasteiger partial charge is 0.462 e. The molecule has 6 heteroatoms. The zero-order valence-electron chi connectivity index (χ0n) is 13.7. The summed E-state index contributed by atoms with van der Waals surface area (Å²) in [5.74, 6) is 3.66. The van der Waals surface area contributed by atoms with Gasteiger partial charge in [-0.2, -0.15) is 5.10 Å².